The van der Waals surface area contributed by atoms with Crippen LogP contribution in [-0.2, 0) is 19.2 Å². The monoisotopic (exact) mass is 580 g/mol. The number of anilines is 1. The first kappa shape index (κ1) is 27.6. The number of hydrogen-bond donors (Lipinski definition) is 4. The Balaban J connectivity index is 1.50. The number of hydrazine groups is 1. The number of hydrogen-bond acceptors (Lipinski definition) is 15. The topological polar surface area (TPSA) is 222 Å². The number of nitrogens with two attached hydrogens (primary N) is 3. The Labute approximate surface area is 229 Å². The van der Waals surface area contributed by atoms with Crippen LogP contribution in [0.4, 0.5) is 5.13 Å². The molecule has 202 valence electrons. The molecule has 2 amide bonds. The number of carboxylic acid groups (broad SMARTS) is 1. The van der Waals surface area contributed by atoms with Crippen molar-refractivity contribution in [3.05, 3.63) is 40.8 Å². The van der Waals surface area contributed by atoms with Gasteiger partial charge in [-0.2, -0.15) is 5.12 Å². The number of nitrogens with one attached hydrogen (secondary N) is 1. The van der Waals surface area contributed by atoms with E-state index in [9.17, 15) is 19.5 Å². The van der Waals surface area contributed by atoms with E-state index >= 15 is 0 Å². The summed E-state index contributed by atoms with van der Waals surface area (Å²) in [5.74, 6) is 3.59. The van der Waals surface area contributed by atoms with Crippen molar-refractivity contribution in [1.82, 2.24) is 20.2 Å². The number of nitrogens with zero attached hydrogens (tertiary/aromatic N) is 6. The molecule has 1 fully saturated rings. The minimum absolute atomic E-state index is 0.0245. The molecule has 38 heavy (non-hydrogen) atoms. The summed E-state index contributed by atoms with van der Waals surface area (Å²) in [5.41, 5.74) is 11.6. The quantitative estimate of drug-likeness (QED) is 0.0306. The zero-order valence-electron chi connectivity index (χ0n) is 20.0. The maximum Gasteiger partial charge on any atom is 0.384 e. The van der Waals surface area contributed by atoms with Crippen LogP contribution in [0.2, 0.25) is 0 Å². The largest absolute Gasteiger partial charge is 0.543 e. The molecule has 2 aromatic rings. The van der Waals surface area contributed by atoms with Crippen LogP contribution in [0.5, 0.6) is 0 Å². The fourth-order valence-electron chi connectivity index (χ4n) is 3.61. The molecule has 2 aliphatic heterocycles. The van der Waals surface area contributed by atoms with Gasteiger partial charge in [0.15, 0.2) is 10.8 Å². The van der Waals surface area contributed by atoms with Crippen LogP contribution < -0.4 is 37.5 Å². The van der Waals surface area contributed by atoms with Crippen molar-refractivity contribution in [2.75, 3.05) is 35.6 Å². The fourth-order valence-corrected chi connectivity index (χ4v) is 6.61. The minimum atomic E-state index is -1.49. The number of thiazole rings is 1. The van der Waals surface area contributed by atoms with Crippen molar-refractivity contribution in [1.29, 1.82) is 0 Å². The minimum Gasteiger partial charge on any atom is -0.543 e. The molecule has 0 saturated carbocycles. The molecule has 4 heterocycles. The Kier molecular flexibility index (Phi) is 8.67. The van der Waals surface area contributed by atoms with E-state index in [0.717, 1.165) is 16.2 Å². The molecule has 0 bridgehead atoms. The number of carbonyl (C=O) groups is 3. The van der Waals surface area contributed by atoms with Gasteiger partial charge in [0.1, 0.15) is 42.8 Å². The summed E-state index contributed by atoms with van der Waals surface area (Å²) in [4.78, 5) is 52.6. The van der Waals surface area contributed by atoms with Gasteiger partial charge in [0.25, 0.3) is 11.8 Å². The number of nitrogen functional groups attached to an aromatic ring is 1. The highest BCUT2D eigenvalue weighted by Crippen LogP contribution is 2.41. The zero-order valence-corrected chi connectivity index (χ0v) is 22.4. The first-order valence-electron chi connectivity index (χ1n) is 11.1. The van der Waals surface area contributed by atoms with Crippen molar-refractivity contribution >= 4 is 63.5 Å². The molecule has 0 aliphatic carbocycles. The van der Waals surface area contributed by atoms with Gasteiger partial charge < -0.3 is 31.5 Å². The van der Waals surface area contributed by atoms with Gasteiger partial charge in [0.2, 0.25) is 0 Å². The van der Waals surface area contributed by atoms with Gasteiger partial charge in [-0.1, -0.05) is 5.16 Å². The lowest BCUT2D eigenvalue weighted by Gasteiger charge is -2.50. The summed E-state index contributed by atoms with van der Waals surface area (Å²) in [6.45, 7) is 1.93. The lowest BCUT2D eigenvalue weighted by molar-refractivity contribution is -0.734. The molecular weight excluding hydrogens is 556 g/mol. The second kappa shape index (κ2) is 11.9. The number of oxime groups is 1. The van der Waals surface area contributed by atoms with Crippen LogP contribution in [0.25, 0.3) is 0 Å². The Morgan fingerprint density at radius 3 is 2.92 bits per heavy atom. The van der Waals surface area contributed by atoms with E-state index in [1.807, 2.05) is 0 Å². The second-order valence-corrected chi connectivity index (χ2v) is 10.6. The summed E-state index contributed by atoms with van der Waals surface area (Å²) in [6.07, 6.45) is 3.23. The fraction of sp³-hybridized carbons (Fsp3) is 0.350. The summed E-state index contributed by atoms with van der Waals surface area (Å²) in [7, 11) is 0. The van der Waals surface area contributed by atoms with Crippen molar-refractivity contribution in [2.24, 2.45) is 16.7 Å². The van der Waals surface area contributed by atoms with E-state index in [2.05, 4.69) is 20.4 Å². The van der Waals surface area contributed by atoms with Gasteiger partial charge in [-0.3, -0.25) is 14.5 Å². The predicted molar refractivity (Wildman–Crippen MR) is 138 cm³/mol. The Morgan fingerprint density at radius 2 is 2.26 bits per heavy atom. The first-order valence-corrected chi connectivity index (χ1v) is 14.0. The average molecular weight is 581 g/mol. The number of β-lactam (4-membered cyclic amide) rings is 1. The normalized spacial score (nSPS) is 19.1. The van der Waals surface area contributed by atoms with Crippen molar-refractivity contribution in [2.45, 2.75) is 23.5 Å². The number of rotatable bonds is 11. The summed E-state index contributed by atoms with van der Waals surface area (Å²) in [5, 5.41) is 21.4. The van der Waals surface area contributed by atoms with Crippen molar-refractivity contribution in [3.8, 4) is 0 Å². The Hall–Kier alpha value is -3.45. The standard InChI is InChI=1S/C20H24N10O5S3/c1-2-35-27-12(11-8-37-19(22)25-11)15(31)26-13-16(32)30-14(18(33)34)10(6-36-17(13)30)7-38-20-24-4-3-5-28(20)29(23)9-21/h3-5,8,13,17H,2,6-7,9,21,23H2,1H3,(H3-,22,25,26,31,33,34)/b27-12-. The molecule has 2 aromatic heterocycles. The Morgan fingerprint density at radius 1 is 1.47 bits per heavy atom. The van der Waals surface area contributed by atoms with Crippen molar-refractivity contribution in [3.63, 3.8) is 0 Å². The molecule has 18 heteroatoms. The third-order valence-corrected chi connectivity index (χ3v) is 8.38. The third-order valence-electron chi connectivity index (χ3n) is 5.33. The molecular formula is C20H24N10O5S3. The van der Waals surface area contributed by atoms with Crippen LogP contribution in [0.3, 0.4) is 0 Å². The number of carbonyl (C=O) groups excluding carboxylic acids is 3. The lowest BCUT2D eigenvalue weighted by atomic mass is 10.0. The summed E-state index contributed by atoms with van der Waals surface area (Å²) in [6, 6.07) is 0.695. The van der Waals surface area contributed by atoms with Crippen LogP contribution >= 0.6 is 34.9 Å². The highest BCUT2D eigenvalue weighted by Gasteiger charge is 2.53. The second-order valence-electron chi connectivity index (χ2n) is 7.69. The Bertz CT molecular complexity index is 1300. The first-order chi connectivity index (χ1) is 18.3. The highest BCUT2D eigenvalue weighted by atomic mass is 32.2. The van der Waals surface area contributed by atoms with Gasteiger partial charge in [-0.15, -0.1) is 27.8 Å². The summed E-state index contributed by atoms with van der Waals surface area (Å²) < 4.78 is 1.53. The molecule has 2 unspecified atom stereocenters. The van der Waals surface area contributed by atoms with E-state index in [4.69, 9.17) is 22.1 Å². The molecule has 0 radical (unpaired) electrons. The van der Waals surface area contributed by atoms with Crippen molar-refractivity contribution < 1.29 is 29.0 Å². The van der Waals surface area contributed by atoms with Crippen LogP contribution in [-0.4, -0.2) is 74.6 Å². The van der Waals surface area contributed by atoms with E-state index in [0.29, 0.717) is 10.7 Å². The zero-order chi connectivity index (χ0) is 27.4. The molecule has 15 nitrogen and oxygen atoms in total. The SMILES string of the molecule is CCO/N=C(\C(=O)NC1C(=O)N2C(C(=O)[O-])=C(CSc3nccc[n+]3N(N)CN)CSC12)c1csc(N)n1. The number of aromatic nitrogens is 3. The molecule has 7 N–H and O–H groups in total. The molecule has 1 saturated heterocycles. The number of fused-ring (bicyclic) bond motifs is 1. The lowest BCUT2D eigenvalue weighted by Crippen LogP contribution is -2.71. The van der Waals surface area contributed by atoms with Gasteiger partial charge in [0, 0.05) is 23.0 Å². The maximum atomic E-state index is 13.0. The van der Waals surface area contributed by atoms with E-state index in [1.54, 1.807) is 30.8 Å². The summed E-state index contributed by atoms with van der Waals surface area (Å²) >= 11 is 3.67. The van der Waals surface area contributed by atoms with Crippen LogP contribution in [0.15, 0.2) is 45.4 Å². The van der Waals surface area contributed by atoms with Gasteiger partial charge in [-0.05, 0) is 29.2 Å². The number of thioether (sulfide) groups is 2. The molecule has 2 atom stereocenters. The van der Waals surface area contributed by atoms with Gasteiger partial charge in [-0.25, -0.2) is 10.8 Å². The van der Waals surface area contributed by atoms with Gasteiger partial charge in [0.05, 0.1) is 11.7 Å². The number of carboxylic acids is 1. The predicted octanol–water partition coefficient (Wildman–Crippen LogP) is -2.93. The molecule has 4 rings (SSSR count). The van der Waals surface area contributed by atoms with E-state index < -0.39 is 29.2 Å². The van der Waals surface area contributed by atoms with Crippen LogP contribution in [0.1, 0.15) is 12.6 Å². The average Bonchev–Trinajstić information content (AvgIpc) is 3.35. The third kappa shape index (κ3) is 5.53. The molecule has 2 aliphatic rings. The van der Waals surface area contributed by atoms with E-state index in [-0.39, 0.29) is 47.0 Å². The molecule has 0 spiro atoms. The molecule has 0 aromatic carbocycles. The van der Waals surface area contributed by atoms with E-state index in [1.165, 1.54) is 33.3 Å². The number of aliphatic carboxylic acids is 1. The number of amides is 2. The van der Waals surface area contributed by atoms with Gasteiger partial charge >= 0.3 is 5.16 Å². The smallest absolute Gasteiger partial charge is 0.384 e. The maximum absolute atomic E-state index is 13.0. The highest BCUT2D eigenvalue weighted by molar-refractivity contribution is 8.01. The van der Waals surface area contributed by atoms with Crippen LogP contribution in [0, 0.1) is 0 Å².